The molecule has 150 valence electrons. The van der Waals surface area contributed by atoms with Gasteiger partial charge in [-0.05, 0) is 55.7 Å². The summed E-state index contributed by atoms with van der Waals surface area (Å²) in [6, 6.07) is 14.0. The molecule has 2 amide bonds. The topological polar surface area (TPSA) is 77.6 Å². The predicted octanol–water partition coefficient (Wildman–Crippen LogP) is 3.26. The monoisotopic (exact) mass is 385 g/mol. The average molecular weight is 385 g/mol. The van der Waals surface area contributed by atoms with E-state index in [0.717, 1.165) is 23.2 Å². The smallest absolute Gasteiger partial charge is 0.319 e. The normalized spacial score (nSPS) is 11.2. The maximum absolute atomic E-state index is 12.9. The molecule has 0 aliphatic carbocycles. The molecule has 2 aromatic rings. The minimum atomic E-state index is -0.226. The Morgan fingerprint density at radius 1 is 1.00 bits per heavy atom. The number of benzene rings is 2. The minimum Gasteiger partial charge on any atom is -0.356 e. The zero-order valence-corrected chi connectivity index (χ0v) is 16.6. The van der Waals surface area contributed by atoms with Crippen molar-refractivity contribution < 1.29 is 9.18 Å². The predicted molar refractivity (Wildman–Crippen MR) is 112 cm³/mol. The van der Waals surface area contributed by atoms with E-state index < -0.39 is 0 Å². The van der Waals surface area contributed by atoms with E-state index in [4.69, 9.17) is 0 Å². The van der Waals surface area contributed by atoms with Gasteiger partial charge in [0.2, 0.25) is 0 Å². The fourth-order valence-corrected chi connectivity index (χ4v) is 2.52. The molecule has 4 N–H and O–H groups in total. The van der Waals surface area contributed by atoms with Gasteiger partial charge in [0.05, 0.1) is 0 Å². The molecule has 0 saturated heterocycles. The van der Waals surface area contributed by atoms with Gasteiger partial charge in [0.25, 0.3) is 0 Å². The third-order valence-corrected chi connectivity index (χ3v) is 3.93. The molecule has 0 unspecified atom stereocenters. The average Bonchev–Trinajstić information content (AvgIpc) is 2.66. The highest BCUT2D eigenvalue weighted by atomic mass is 19.1. The van der Waals surface area contributed by atoms with Crippen LogP contribution in [0.5, 0.6) is 0 Å². The van der Waals surface area contributed by atoms with Gasteiger partial charge in [-0.1, -0.05) is 24.3 Å². The highest BCUT2D eigenvalue weighted by molar-refractivity contribution is 5.89. The molecule has 28 heavy (non-hydrogen) atoms. The molecule has 0 atom stereocenters. The van der Waals surface area contributed by atoms with Crippen LogP contribution in [0, 0.1) is 5.82 Å². The molecule has 7 heteroatoms. The Balaban J connectivity index is 1.75. The number of halogens is 1. The Kier molecular flexibility index (Phi) is 8.27. The van der Waals surface area contributed by atoms with Gasteiger partial charge < -0.3 is 21.3 Å². The minimum absolute atomic E-state index is 0.0887. The number of nitrogens with one attached hydrogen (secondary N) is 4. The quantitative estimate of drug-likeness (QED) is 0.436. The second kappa shape index (κ2) is 10.9. The lowest BCUT2D eigenvalue weighted by atomic mass is 10.1. The third-order valence-electron chi connectivity index (χ3n) is 3.93. The van der Waals surface area contributed by atoms with Crippen molar-refractivity contribution in [2.24, 2.45) is 4.99 Å². The molecule has 2 rings (SSSR count). The van der Waals surface area contributed by atoms with Crippen LogP contribution in [0.25, 0.3) is 0 Å². The maximum atomic E-state index is 12.9. The van der Waals surface area contributed by atoms with Crippen molar-refractivity contribution in [3.8, 4) is 0 Å². The fraction of sp³-hybridized carbons (Fsp3) is 0.333. The van der Waals surface area contributed by atoms with Gasteiger partial charge in [-0.15, -0.1) is 0 Å². The van der Waals surface area contributed by atoms with Crippen LogP contribution >= 0.6 is 0 Å². The third kappa shape index (κ3) is 7.65. The summed E-state index contributed by atoms with van der Waals surface area (Å²) in [5.41, 5.74) is 2.87. The molecule has 0 heterocycles. The second-order valence-corrected chi connectivity index (χ2v) is 6.68. The van der Waals surface area contributed by atoms with E-state index in [1.54, 1.807) is 19.2 Å². The van der Waals surface area contributed by atoms with E-state index in [9.17, 15) is 9.18 Å². The van der Waals surface area contributed by atoms with Crippen molar-refractivity contribution in [1.29, 1.82) is 0 Å². The van der Waals surface area contributed by atoms with Crippen molar-refractivity contribution in [3.63, 3.8) is 0 Å². The van der Waals surface area contributed by atoms with Crippen molar-refractivity contribution in [3.05, 3.63) is 65.5 Å². The summed E-state index contributed by atoms with van der Waals surface area (Å²) in [5, 5.41) is 12.1. The van der Waals surface area contributed by atoms with E-state index in [0.29, 0.717) is 19.0 Å². The SMILES string of the molecule is CN=C(NCCc1ccc(F)cc1)NCc1ccc(NC(=O)NC(C)C)cc1. The zero-order chi connectivity index (χ0) is 20.4. The van der Waals surface area contributed by atoms with Gasteiger partial charge in [-0.3, -0.25) is 4.99 Å². The Labute approximate surface area is 165 Å². The Bertz CT molecular complexity index is 772. The molecule has 0 aliphatic rings. The molecule has 0 aliphatic heterocycles. The molecule has 0 radical (unpaired) electrons. The summed E-state index contributed by atoms with van der Waals surface area (Å²) in [5.74, 6) is 0.469. The molecule has 0 aromatic heterocycles. The Morgan fingerprint density at radius 2 is 1.64 bits per heavy atom. The largest absolute Gasteiger partial charge is 0.356 e. The zero-order valence-electron chi connectivity index (χ0n) is 16.6. The van der Waals surface area contributed by atoms with Gasteiger partial charge in [-0.25, -0.2) is 9.18 Å². The number of anilines is 1. The summed E-state index contributed by atoms with van der Waals surface area (Å²) in [6.45, 7) is 5.12. The summed E-state index contributed by atoms with van der Waals surface area (Å²) < 4.78 is 12.9. The Morgan fingerprint density at radius 3 is 2.25 bits per heavy atom. The van der Waals surface area contributed by atoms with Crippen LogP contribution in [0.15, 0.2) is 53.5 Å². The number of carbonyl (C=O) groups excluding carboxylic acids is 1. The van der Waals surface area contributed by atoms with Gasteiger partial charge in [-0.2, -0.15) is 0 Å². The first-order chi connectivity index (χ1) is 13.5. The van der Waals surface area contributed by atoms with Crippen molar-refractivity contribution in [1.82, 2.24) is 16.0 Å². The molecular weight excluding hydrogens is 357 g/mol. The van der Waals surface area contributed by atoms with Crippen molar-refractivity contribution in [2.45, 2.75) is 32.9 Å². The maximum Gasteiger partial charge on any atom is 0.319 e. The molecular formula is C21H28FN5O. The number of hydrogen-bond acceptors (Lipinski definition) is 2. The number of guanidine groups is 1. The van der Waals surface area contributed by atoms with Crippen LogP contribution in [-0.2, 0) is 13.0 Å². The van der Waals surface area contributed by atoms with E-state index >= 15 is 0 Å². The second-order valence-electron chi connectivity index (χ2n) is 6.68. The van der Waals surface area contributed by atoms with Crippen molar-refractivity contribution in [2.75, 3.05) is 18.9 Å². The molecule has 2 aromatic carbocycles. The van der Waals surface area contributed by atoms with Crippen LogP contribution in [0.3, 0.4) is 0 Å². The lowest BCUT2D eigenvalue weighted by Crippen LogP contribution is -2.37. The summed E-state index contributed by atoms with van der Waals surface area (Å²) in [6.07, 6.45) is 0.778. The number of aliphatic imine (C=N–C) groups is 1. The van der Waals surface area contributed by atoms with Gasteiger partial charge >= 0.3 is 6.03 Å². The van der Waals surface area contributed by atoms with Gasteiger partial charge in [0, 0.05) is 31.9 Å². The number of amides is 2. The molecule has 0 bridgehead atoms. The standard InChI is InChI=1S/C21H28FN5O/c1-15(2)26-21(28)27-19-10-6-17(7-11-19)14-25-20(23-3)24-13-12-16-4-8-18(22)9-5-16/h4-11,15H,12-14H2,1-3H3,(H2,23,24,25)(H2,26,27,28). The van der Waals surface area contributed by atoms with Crippen molar-refractivity contribution >= 4 is 17.7 Å². The summed E-state index contributed by atoms with van der Waals surface area (Å²) in [4.78, 5) is 15.9. The number of carbonyl (C=O) groups is 1. The first-order valence-corrected chi connectivity index (χ1v) is 9.31. The lowest BCUT2D eigenvalue weighted by molar-refractivity contribution is 0.250. The molecule has 0 spiro atoms. The van der Waals surface area contributed by atoms with Crippen LogP contribution < -0.4 is 21.3 Å². The van der Waals surface area contributed by atoms with E-state index in [-0.39, 0.29) is 17.9 Å². The first kappa shape index (κ1) is 21.2. The van der Waals surface area contributed by atoms with E-state index in [1.165, 1.54) is 12.1 Å². The number of urea groups is 1. The van der Waals surface area contributed by atoms with Crippen LogP contribution in [-0.4, -0.2) is 31.6 Å². The van der Waals surface area contributed by atoms with Gasteiger partial charge in [0.1, 0.15) is 5.82 Å². The molecule has 0 fully saturated rings. The Hall–Kier alpha value is -3.09. The molecule has 6 nitrogen and oxygen atoms in total. The number of nitrogens with zero attached hydrogens (tertiary/aromatic N) is 1. The van der Waals surface area contributed by atoms with Crippen LogP contribution in [0.1, 0.15) is 25.0 Å². The highest BCUT2D eigenvalue weighted by Gasteiger charge is 2.04. The van der Waals surface area contributed by atoms with Crippen LogP contribution in [0.4, 0.5) is 14.9 Å². The van der Waals surface area contributed by atoms with Crippen LogP contribution in [0.2, 0.25) is 0 Å². The molecule has 0 saturated carbocycles. The summed E-state index contributed by atoms with van der Waals surface area (Å²) in [7, 11) is 1.72. The highest BCUT2D eigenvalue weighted by Crippen LogP contribution is 2.09. The van der Waals surface area contributed by atoms with E-state index in [1.807, 2.05) is 38.1 Å². The van der Waals surface area contributed by atoms with E-state index in [2.05, 4.69) is 26.3 Å². The number of rotatable bonds is 7. The summed E-state index contributed by atoms with van der Waals surface area (Å²) >= 11 is 0. The lowest BCUT2D eigenvalue weighted by Gasteiger charge is -2.13. The number of hydrogen-bond donors (Lipinski definition) is 4. The van der Waals surface area contributed by atoms with Gasteiger partial charge in [0.15, 0.2) is 5.96 Å². The fourth-order valence-electron chi connectivity index (χ4n) is 2.52. The first-order valence-electron chi connectivity index (χ1n) is 9.31.